The lowest BCUT2D eigenvalue weighted by atomic mass is 10.1. The van der Waals surface area contributed by atoms with Gasteiger partial charge in [0.1, 0.15) is 0 Å². The molecule has 0 saturated carbocycles. The number of thiazole rings is 1. The zero-order valence-corrected chi connectivity index (χ0v) is 11.7. The van der Waals surface area contributed by atoms with E-state index in [0.717, 1.165) is 23.8 Å². The van der Waals surface area contributed by atoms with E-state index in [1.54, 1.807) is 11.3 Å². The highest BCUT2D eigenvalue weighted by molar-refractivity contribution is 7.09. The summed E-state index contributed by atoms with van der Waals surface area (Å²) in [5.74, 6) is 0. The van der Waals surface area contributed by atoms with Gasteiger partial charge >= 0.3 is 0 Å². The molecule has 1 heterocycles. The van der Waals surface area contributed by atoms with Crippen LogP contribution in [0.3, 0.4) is 0 Å². The van der Waals surface area contributed by atoms with E-state index < -0.39 is 0 Å². The molecule has 0 aliphatic rings. The monoisotopic (exact) mass is 261 g/mol. The summed E-state index contributed by atoms with van der Waals surface area (Å²) < 4.78 is 0. The maximum Gasteiger partial charge on any atom is 0.0897 e. The van der Waals surface area contributed by atoms with Gasteiger partial charge in [-0.1, -0.05) is 30.3 Å². The van der Waals surface area contributed by atoms with Gasteiger partial charge in [-0.25, -0.2) is 4.98 Å². The average molecular weight is 261 g/mol. The summed E-state index contributed by atoms with van der Waals surface area (Å²) in [4.78, 5) is 6.68. The second-order valence-corrected chi connectivity index (χ2v) is 5.63. The van der Waals surface area contributed by atoms with Crippen molar-refractivity contribution in [1.82, 2.24) is 9.88 Å². The first-order valence-electron chi connectivity index (χ1n) is 6.05. The Balaban J connectivity index is 1.89. The van der Waals surface area contributed by atoms with Gasteiger partial charge in [-0.3, -0.25) is 4.90 Å². The fraction of sp³-hybridized carbons (Fsp3) is 0.357. The summed E-state index contributed by atoms with van der Waals surface area (Å²) in [6, 6.07) is 10.3. The van der Waals surface area contributed by atoms with Crippen molar-refractivity contribution in [1.29, 1.82) is 0 Å². The van der Waals surface area contributed by atoms with Gasteiger partial charge in [-0.2, -0.15) is 0 Å². The topological polar surface area (TPSA) is 42.2 Å². The number of nitrogens with zero attached hydrogens (tertiary/aromatic N) is 2. The van der Waals surface area contributed by atoms with Crippen LogP contribution in [0.25, 0.3) is 0 Å². The van der Waals surface area contributed by atoms with E-state index in [0.29, 0.717) is 0 Å². The Morgan fingerprint density at radius 1 is 1.33 bits per heavy atom. The molecule has 0 aliphatic heterocycles. The van der Waals surface area contributed by atoms with Crippen molar-refractivity contribution in [2.24, 2.45) is 5.73 Å². The number of hydrogen-bond acceptors (Lipinski definition) is 4. The van der Waals surface area contributed by atoms with Gasteiger partial charge in [0.15, 0.2) is 0 Å². The van der Waals surface area contributed by atoms with Crippen LogP contribution in [0, 0.1) is 6.92 Å². The molecule has 1 aromatic carbocycles. The molecule has 1 atom stereocenters. The molecule has 0 saturated heterocycles. The fourth-order valence-electron chi connectivity index (χ4n) is 1.96. The normalized spacial score (nSPS) is 12.9. The van der Waals surface area contributed by atoms with Gasteiger partial charge in [-0.05, 0) is 19.5 Å². The molecular formula is C14H19N3S. The summed E-state index contributed by atoms with van der Waals surface area (Å²) in [7, 11) is 2.08. The van der Waals surface area contributed by atoms with Gasteiger partial charge in [0.25, 0.3) is 0 Å². The highest BCUT2D eigenvalue weighted by atomic mass is 32.1. The van der Waals surface area contributed by atoms with Crippen molar-refractivity contribution in [3.8, 4) is 0 Å². The third-order valence-corrected chi connectivity index (χ3v) is 3.66. The molecule has 1 aromatic heterocycles. The number of aryl methyl sites for hydroxylation is 1. The molecule has 18 heavy (non-hydrogen) atoms. The minimum Gasteiger partial charge on any atom is -0.323 e. The fourth-order valence-corrected chi connectivity index (χ4v) is 2.57. The lowest BCUT2D eigenvalue weighted by Gasteiger charge is -2.20. The number of aromatic nitrogens is 1. The van der Waals surface area contributed by atoms with Crippen LogP contribution < -0.4 is 5.73 Å². The third-order valence-electron chi connectivity index (χ3n) is 2.83. The number of nitrogens with two attached hydrogens (primary N) is 1. The van der Waals surface area contributed by atoms with Crippen molar-refractivity contribution >= 4 is 11.3 Å². The second kappa shape index (κ2) is 6.09. The van der Waals surface area contributed by atoms with Crippen LogP contribution >= 0.6 is 11.3 Å². The van der Waals surface area contributed by atoms with Gasteiger partial charge in [-0.15, -0.1) is 11.3 Å². The Hall–Kier alpha value is -1.23. The Morgan fingerprint density at radius 3 is 2.67 bits per heavy atom. The molecule has 0 spiro atoms. The molecule has 0 fully saturated rings. The standard InChI is InChI=1S/C14H19N3S/c1-11-16-13(10-18-11)8-17(2)9-14(15)12-6-4-3-5-7-12/h3-7,10,14H,8-9,15H2,1-2H3. The maximum atomic E-state index is 6.20. The summed E-state index contributed by atoms with van der Waals surface area (Å²) in [6.07, 6.45) is 0. The van der Waals surface area contributed by atoms with E-state index in [2.05, 4.69) is 34.4 Å². The molecule has 0 bridgehead atoms. The minimum atomic E-state index is 0.0518. The van der Waals surface area contributed by atoms with Crippen LogP contribution in [0.5, 0.6) is 0 Å². The Bertz CT molecular complexity index is 481. The van der Waals surface area contributed by atoms with Crippen molar-refractivity contribution in [3.05, 3.63) is 52.0 Å². The predicted molar refractivity (Wildman–Crippen MR) is 76.6 cm³/mol. The molecule has 0 amide bonds. The van der Waals surface area contributed by atoms with Crippen LogP contribution in [0.4, 0.5) is 0 Å². The van der Waals surface area contributed by atoms with Crippen LogP contribution in [0.2, 0.25) is 0 Å². The van der Waals surface area contributed by atoms with E-state index in [4.69, 9.17) is 5.73 Å². The molecule has 0 aliphatic carbocycles. The van der Waals surface area contributed by atoms with Crippen molar-refractivity contribution in [2.75, 3.05) is 13.6 Å². The maximum absolute atomic E-state index is 6.20. The van der Waals surface area contributed by atoms with E-state index >= 15 is 0 Å². The van der Waals surface area contributed by atoms with Gasteiger partial charge < -0.3 is 5.73 Å². The van der Waals surface area contributed by atoms with Crippen molar-refractivity contribution in [3.63, 3.8) is 0 Å². The molecule has 2 aromatic rings. The lowest BCUT2D eigenvalue weighted by Crippen LogP contribution is -2.28. The van der Waals surface area contributed by atoms with E-state index in [1.165, 1.54) is 5.56 Å². The molecule has 2 N–H and O–H groups in total. The first-order chi connectivity index (χ1) is 8.65. The van der Waals surface area contributed by atoms with E-state index in [-0.39, 0.29) is 6.04 Å². The zero-order valence-electron chi connectivity index (χ0n) is 10.8. The van der Waals surface area contributed by atoms with Crippen LogP contribution in [-0.2, 0) is 6.54 Å². The third kappa shape index (κ3) is 3.63. The molecular weight excluding hydrogens is 242 g/mol. The van der Waals surface area contributed by atoms with Gasteiger partial charge in [0.05, 0.1) is 10.7 Å². The summed E-state index contributed by atoms with van der Waals surface area (Å²) in [5.41, 5.74) is 8.50. The summed E-state index contributed by atoms with van der Waals surface area (Å²) >= 11 is 1.69. The Morgan fingerprint density at radius 2 is 2.06 bits per heavy atom. The number of rotatable bonds is 5. The number of likely N-dealkylation sites (N-methyl/N-ethyl adjacent to an activating group) is 1. The predicted octanol–water partition coefficient (Wildman–Crippen LogP) is 2.58. The zero-order chi connectivity index (χ0) is 13.0. The molecule has 0 radical (unpaired) electrons. The summed E-state index contributed by atoms with van der Waals surface area (Å²) in [5, 5.41) is 3.23. The highest BCUT2D eigenvalue weighted by Crippen LogP contribution is 2.13. The van der Waals surface area contributed by atoms with Crippen LogP contribution in [0.1, 0.15) is 22.3 Å². The first kappa shape index (κ1) is 13.2. The molecule has 4 heteroatoms. The van der Waals surface area contributed by atoms with Gasteiger partial charge in [0, 0.05) is 24.5 Å². The SMILES string of the molecule is Cc1nc(CN(C)CC(N)c2ccccc2)cs1. The van der Waals surface area contributed by atoms with Crippen molar-refractivity contribution < 1.29 is 0 Å². The number of benzene rings is 1. The lowest BCUT2D eigenvalue weighted by molar-refractivity contribution is 0.302. The Labute approximate surface area is 112 Å². The first-order valence-corrected chi connectivity index (χ1v) is 6.93. The molecule has 1 unspecified atom stereocenters. The Kier molecular flexibility index (Phi) is 4.47. The van der Waals surface area contributed by atoms with Crippen LogP contribution in [0.15, 0.2) is 35.7 Å². The largest absolute Gasteiger partial charge is 0.323 e. The average Bonchev–Trinajstić information content (AvgIpc) is 2.75. The molecule has 96 valence electrons. The second-order valence-electron chi connectivity index (χ2n) is 4.57. The molecule has 3 nitrogen and oxygen atoms in total. The highest BCUT2D eigenvalue weighted by Gasteiger charge is 2.10. The number of hydrogen-bond donors (Lipinski definition) is 1. The van der Waals surface area contributed by atoms with Crippen LogP contribution in [-0.4, -0.2) is 23.5 Å². The quantitative estimate of drug-likeness (QED) is 0.899. The van der Waals surface area contributed by atoms with Gasteiger partial charge in [0.2, 0.25) is 0 Å². The minimum absolute atomic E-state index is 0.0518. The summed E-state index contributed by atoms with van der Waals surface area (Å²) in [6.45, 7) is 3.72. The molecule has 2 rings (SSSR count). The van der Waals surface area contributed by atoms with E-state index in [9.17, 15) is 0 Å². The van der Waals surface area contributed by atoms with E-state index in [1.807, 2.05) is 25.1 Å². The smallest absolute Gasteiger partial charge is 0.0897 e. The van der Waals surface area contributed by atoms with Crippen molar-refractivity contribution in [2.45, 2.75) is 19.5 Å².